The fourth-order valence-corrected chi connectivity index (χ4v) is 3.96. The second-order valence-corrected chi connectivity index (χ2v) is 7.44. The van der Waals surface area contributed by atoms with E-state index in [-0.39, 0.29) is 23.8 Å². The summed E-state index contributed by atoms with van der Waals surface area (Å²) in [6.45, 7) is 3.85. The number of hydrogen-bond acceptors (Lipinski definition) is 3. The average molecular weight is 364 g/mol. The minimum atomic E-state index is -0.286. The van der Waals surface area contributed by atoms with E-state index < -0.39 is 0 Å². The summed E-state index contributed by atoms with van der Waals surface area (Å²) in [6, 6.07) is 15.8. The standard InChI is InChI=1S/C22H24N2O3/c1-15-6-3-4-9-20(15)16-7-5-8-17(10-16)22(26)24-11-18-13-27-14-19(12-24)23(2)21(18)25/h3-10,18-19H,11-14H2,1-2H3/t18-,19+/m1/s1. The van der Waals surface area contributed by atoms with E-state index in [0.717, 1.165) is 11.1 Å². The number of benzene rings is 2. The van der Waals surface area contributed by atoms with Crippen molar-refractivity contribution in [1.29, 1.82) is 0 Å². The first-order chi connectivity index (χ1) is 13.0. The van der Waals surface area contributed by atoms with Crippen LogP contribution < -0.4 is 0 Å². The molecule has 0 spiro atoms. The van der Waals surface area contributed by atoms with Gasteiger partial charge in [-0.2, -0.15) is 0 Å². The lowest BCUT2D eigenvalue weighted by molar-refractivity contribution is -0.133. The number of carbonyl (C=O) groups excluding carboxylic acids is 2. The first-order valence-electron chi connectivity index (χ1n) is 9.34. The Morgan fingerprint density at radius 3 is 2.70 bits per heavy atom. The molecule has 2 amide bonds. The number of carbonyl (C=O) groups is 2. The second kappa shape index (κ2) is 7.16. The molecule has 5 nitrogen and oxygen atoms in total. The zero-order chi connectivity index (χ0) is 19.0. The molecule has 2 saturated heterocycles. The number of fused-ring (bicyclic) bond motifs is 3. The van der Waals surface area contributed by atoms with Crippen LogP contribution in [-0.4, -0.2) is 61.0 Å². The van der Waals surface area contributed by atoms with Crippen molar-refractivity contribution >= 4 is 11.8 Å². The minimum Gasteiger partial charge on any atom is -0.378 e. The monoisotopic (exact) mass is 364 g/mol. The molecule has 2 heterocycles. The molecule has 2 fully saturated rings. The molecule has 0 aromatic heterocycles. The third-order valence-electron chi connectivity index (χ3n) is 5.60. The maximum atomic E-state index is 13.2. The number of likely N-dealkylation sites (N-methyl/N-ethyl adjacent to an activating group) is 1. The Balaban J connectivity index is 1.63. The van der Waals surface area contributed by atoms with Crippen LogP contribution in [0.5, 0.6) is 0 Å². The van der Waals surface area contributed by atoms with Crippen molar-refractivity contribution in [2.75, 3.05) is 33.4 Å². The van der Waals surface area contributed by atoms with E-state index in [1.54, 1.807) is 4.90 Å². The fraction of sp³-hybridized carbons (Fsp3) is 0.364. The summed E-state index contributed by atoms with van der Waals surface area (Å²) in [5, 5.41) is 0. The summed E-state index contributed by atoms with van der Waals surface area (Å²) in [4.78, 5) is 29.3. The van der Waals surface area contributed by atoms with Gasteiger partial charge in [-0.25, -0.2) is 0 Å². The Kier molecular flexibility index (Phi) is 4.70. The molecule has 5 heteroatoms. The molecule has 140 valence electrons. The number of hydrogen-bond donors (Lipinski definition) is 0. The van der Waals surface area contributed by atoms with Gasteiger partial charge >= 0.3 is 0 Å². The van der Waals surface area contributed by atoms with Gasteiger partial charge in [-0.3, -0.25) is 9.59 Å². The Bertz CT molecular complexity index is 879. The smallest absolute Gasteiger partial charge is 0.253 e. The van der Waals surface area contributed by atoms with Crippen LogP contribution in [0.15, 0.2) is 48.5 Å². The number of rotatable bonds is 2. The molecule has 2 aromatic rings. The highest BCUT2D eigenvalue weighted by molar-refractivity contribution is 5.96. The molecule has 2 aromatic carbocycles. The molecule has 0 radical (unpaired) electrons. The van der Waals surface area contributed by atoms with Gasteiger partial charge in [0.2, 0.25) is 5.91 Å². The van der Waals surface area contributed by atoms with Gasteiger partial charge in [-0.05, 0) is 35.7 Å². The van der Waals surface area contributed by atoms with E-state index in [1.165, 1.54) is 5.56 Å². The second-order valence-electron chi connectivity index (χ2n) is 7.44. The predicted molar refractivity (Wildman–Crippen MR) is 103 cm³/mol. The van der Waals surface area contributed by atoms with Crippen molar-refractivity contribution in [1.82, 2.24) is 9.80 Å². The summed E-state index contributed by atoms with van der Waals surface area (Å²) in [7, 11) is 1.81. The number of nitrogens with zero attached hydrogens (tertiary/aromatic N) is 2. The van der Waals surface area contributed by atoms with Gasteiger partial charge in [0, 0.05) is 25.7 Å². The zero-order valence-electron chi connectivity index (χ0n) is 15.7. The maximum Gasteiger partial charge on any atom is 0.253 e. The van der Waals surface area contributed by atoms with Crippen LogP contribution in [0.25, 0.3) is 11.1 Å². The van der Waals surface area contributed by atoms with Crippen molar-refractivity contribution in [2.24, 2.45) is 5.92 Å². The molecule has 2 aliphatic rings. The largest absolute Gasteiger partial charge is 0.378 e. The summed E-state index contributed by atoms with van der Waals surface area (Å²) in [5.41, 5.74) is 4.00. The van der Waals surface area contributed by atoms with Gasteiger partial charge in [0.25, 0.3) is 5.91 Å². The summed E-state index contributed by atoms with van der Waals surface area (Å²) in [6.07, 6.45) is 0. The van der Waals surface area contributed by atoms with E-state index in [1.807, 2.05) is 48.3 Å². The number of ether oxygens (including phenoxy) is 1. The Labute approximate surface area is 159 Å². The van der Waals surface area contributed by atoms with Crippen molar-refractivity contribution in [3.63, 3.8) is 0 Å². The molecule has 0 unspecified atom stereocenters. The highest BCUT2D eigenvalue weighted by Crippen LogP contribution is 2.26. The lowest BCUT2D eigenvalue weighted by Crippen LogP contribution is -2.45. The summed E-state index contributed by atoms with van der Waals surface area (Å²) >= 11 is 0. The molecule has 0 N–H and O–H groups in total. The molecule has 0 aliphatic carbocycles. The van der Waals surface area contributed by atoms with Crippen LogP contribution in [0.2, 0.25) is 0 Å². The lowest BCUT2D eigenvalue weighted by atomic mass is 9.98. The number of amides is 2. The third-order valence-corrected chi connectivity index (χ3v) is 5.60. The molecule has 2 bridgehead atoms. The van der Waals surface area contributed by atoms with E-state index >= 15 is 0 Å². The maximum absolute atomic E-state index is 13.2. The fourth-order valence-electron chi connectivity index (χ4n) is 3.96. The first-order valence-corrected chi connectivity index (χ1v) is 9.34. The van der Waals surface area contributed by atoms with Gasteiger partial charge < -0.3 is 14.5 Å². The van der Waals surface area contributed by atoms with Crippen molar-refractivity contribution in [3.05, 3.63) is 59.7 Å². The van der Waals surface area contributed by atoms with E-state index in [9.17, 15) is 9.59 Å². The zero-order valence-corrected chi connectivity index (χ0v) is 15.7. The first kappa shape index (κ1) is 17.7. The molecule has 0 saturated carbocycles. The highest BCUT2D eigenvalue weighted by Gasteiger charge is 2.38. The van der Waals surface area contributed by atoms with E-state index in [0.29, 0.717) is 31.9 Å². The minimum absolute atomic E-state index is 0.0227. The Morgan fingerprint density at radius 2 is 1.89 bits per heavy atom. The van der Waals surface area contributed by atoms with Gasteiger partial charge in [0.05, 0.1) is 25.2 Å². The topological polar surface area (TPSA) is 49.9 Å². The van der Waals surface area contributed by atoms with Crippen LogP contribution >= 0.6 is 0 Å². The molecule has 27 heavy (non-hydrogen) atoms. The van der Waals surface area contributed by atoms with Crippen LogP contribution in [0.3, 0.4) is 0 Å². The summed E-state index contributed by atoms with van der Waals surface area (Å²) in [5.74, 6) is -0.238. The third kappa shape index (κ3) is 3.35. The Hall–Kier alpha value is -2.66. The van der Waals surface area contributed by atoms with Gasteiger partial charge in [-0.1, -0.05) is 36.4 Å². The Morgan fingerprint density at radius 1 is 1.07 bits per heavy atom. The molecular formula is C22H24N2O3. The van der Waals surface area contributed by atoms with Crippen molar-refractivity contribution < 1.29 is 14.3 Å². The normalized spacial score (nSPS) is 22.5. The number of aryl methyl sites for hydroxylation is 1. The lowest BCUT2D eigenvalue weighted by Gasteiger charge is -2.29. The van der Waals surface area contributed by atoms with E-state index in [4.69, 9.17) is 4.74 Å². The molecule has 2 aliphatic heterocycles. The van der Waals surface area contributed by atoms with Crippen LogP contribution in [0.4, 0.5) is 0 Å². The quantitative estimate of drug-likeness (QED) is 0.823. The van der Waals surface area contributed by atoms with E-state index in [2.05, 4.69) is 19.1 Å². The van der Waals surface area contributed by atoms with Gasteiger partial charge in [-0.15, -0.1) is 0 Å². The summed E-state index contributed by atoms with van der Waals surface area (Å²) < 4.78 is 5.63. The average Bonchev–Trinajstić information content (AvgIpc) is 2.86. The van der Waals surface area contributed by atoms with Gasteiger partial charge in [0.15, 0.2) is 0 Å². The SMILES string of the molecule is Cc1ccccc1-c1cccc(C(=O)N2C[C@@H]3COC[C@H](C2)N(C)C3=O)c1. The predicted octanol–water partition coefficient (Wildman–Crippen LogP) is 2.59. The van der Waals surface area contributed by atoms with Gasteiger partial charge in [0.1, 0.15) is 0 Å². The van der Waals surface area contributed by atoms with Crippen molar-refractivity contribution in [3.8, 4) is 11.1 Å². The molecular weight excluding hydrogens is 340 g/mol. The molecule has 2 atom stereocenters. The van der Waals surface area contributed by atoms with Crippen LogP contribution in [-0.2, 0) is 9.53 Å². The highest BCUT2D eigenvalue weighted by atomic mass is 16.5. The van der Waals surface area contributed by atoms with Crippen LogP contribution in [0, 0.1) is 12.8 Å². The van der Waals surface area contributed by atoms with Crippen molar-refractivity contribution in [2.45, 2.75) is 13.0 Å². The van der Waals surface area contributed by atoms with Crippen LogP contribution in [0.1, 0.15) is 15.9 Å². The molecule has 4 rings (SSSR count).